The predicted molar refractivity (Wildman–Crippen MR) is 111 cm³/mol. The van der Waals surface area contributed by atoms with Crippen LogP contribution in [0.15, 0.2) is 36.4 Å². The Balaban J connectivity index is 1.49. The molecule has 3 N–H and O–H groups in total. The van der Waals surface area contributed by atoms with Crippen molar-refractivity contribution in [3.05, 3.63) is 53.1 Å². The number of nitrogens with zero attached hydrogens (tertiary/aromatic N) is 1. The molecule has 2 aromatic carbocycles. The number of fused-ring (bicyclic) bond motifs is 1. The van der Waals surface area contributed by atoms with Crippen molar-refractivity contribution < 1.29 is 19.1 Å². The van der Waals surface area contributed by atoms with Gasteiger partial charge in [0, 0.05) is 37.3 Å². The smallest absolute Gasteiger partial charge is 0.251 e. The van der Waals surface area contributed by atoms with Gasteiger partial charge in [0.05, 0.1) is 14.2 Å². The van der Waals surface area contributed by atoms with Crippen molar-refractivity contribution in [1.29, 1.82) is 0 Å². The lowest BCUT2D eigenvalue weighted by atomic mass is 9.98. The van der Waals surface area contributed by atoms with E-state index in [2.05, 4.69) is 5.32 Å². The molecule has 154 valence electrons. The molecule has 0 fully saturated rings. The number of benzene rings is 2. The monoisotopic (exact) mass is 397 g/mol. The molecule has 0 atom stereocenters. The quantitative estimate of drug-likeness (QED) is 0.553. The Morgan fingerprint density at radius 1 is 1.10 bits per heavy atom. The molecule has 3 rings (SSSR count). The molecule has 0 aromatic heterocycles. The summed E-state index contributed by atoms with van der Waals surface area (Å²) < 4.78 is 10.7. The van der Waals surface area contributed by atoms with Gasteiger partial charge in [-0.3, -0.25) is 9.59 Å². The molecule has 2 amide bonds. The fraction of sp³-hybridized carbons (Fsp3) is 0.364. The summed E-state index contributed by atoms with van der Waals surface area (Å²) in [7, 11) is 3.22. The number of hydrogen-bond donors (Lipinski definition) is 2. The van der Waals surface area contributed by atoms with Crippen molar-refractivity contribution in [3.8, 4) is 11.5 Å². The van der Waals surface area contributed by atoms with E-state index in [0.29, 0.717) is 55.2 Å². The lowest BCUT2D eigenvalue weighted by molar-refractivity contribution is -0.132. The Morgan fingerprint density at radius 2 is 1.83 bits per heavy atom. The van der Waals surface area contributed by atoms with Gasteiger partial charge in [0.25, 0.3) is 5.91 Å². The Hall–Kier alpha value is -3.22. The molecule has 0 spiro atoms. The summed E-state index contributed by atoms with van der Waals surface area (Å²) in [5.41, 5.74) is 9.03. The van der Waals surface area contributed by atoms with Gasteiger partial charge in [-0.1, -0.05) is 6.07 Å². The zero-order valence-corrected chi connectivity index (χ0v) is 16.9. The minimum Gasteiger partial charge on any atom is -0.493 e. The van der Waals surface area contributed by atoms with Crippen LogP contribution in [-0.4, -0.2) is 44.0 Å². The lowest BCUT2D eigenvalue weighted by Gasteiger charge is -2.29. The van der Waals surface area contributed by atoms with Gasteiger partial charge in [-0.25, -0.2) is 0 Å². The topological polar surface area (TPSA) is 93.9 Å². The number of methoxy groups -OCH3 is 2. The fourth-order valence-electron chi connectivity index (χ4n) is 3.48. The molecule has 2 aromatic rings. The number of nitrogens with two attached hydrogens (primary N) is 1. The van der Waals surface area contributed by atoms with Crippen LogP contribution in [0, 0.1) is 0 Å². The Kier molecular flexibility index (Phi) is 6.59. The minimum atomic E-state index is -0.183. The number of carbonyl (C=O) groups is 2. The number of nitrogens with one attached hydrogen (secondary N) is 1. The fourth-order valence-corrected chi connectivity index (χ4v) is 3.48. The molecule has 7 nitrogen and oxygen atoms in total. The van der Waals surface area contributed by atoms with E-state index >= 15 is 0 Å². The Morgan fingerprint density at radius 3 is 2.52 bits per heavy atom. The van der Waals surface area contributed by atoms with E-state index in [1.165, 1.54) is 5.56 Å². The minimum absolute atomic E-state index is 0.0867. The molecule has 0 saturated heterocycles. The average molecular weight is 397 g/mol. The van der Waals surface area contributed by atoms with Gasteiger partial charge >= 0.3 is 0 Å². The summed E-state index contributed by atoms with van der Waals surface area (Å²) in [5.74, 6) is 1.29. The third-order valence-electron chi connectivity index (χ3n) is 5.07. The summed E-state index contributed by atoms with van der Waals surface area (Å²) in [6.07, 6.45) is 1.76. The summed E-state index contributed by atoms with van der Waals surface area (Å²) in [6.45, 7) is 1.68. The highest BCUT2D eigenvalue weighted by atomic mass is 16.5. The Bertz CT molecular complexity index is 898. The molecule has 1 aliphatic heterocycles. The van der Waals surface area contributed by atoms with Crippen LogP contribution >= 0.6 is 0 Å². The van der Waals surface area contributed by atoms with Crippen LogP contribution in [0.25, 0.3) is 0 Å². The first-order valence-corrected chi connectivity index (χ1v) is 9.67. The molecule has 29 heavy (non-hydrogen) atoms. The first-order chi connectivity index (χ1) is 14.0. The molecule has 0 saturated carbocycles. The second kappa shape index (κ2) is 9.32. The first kappa shape index (κ1) is 20.5. The molecule has 1 heterocycles. The molecule has 1 aliphatic rings. The van der Waals surface area contributed by atoms with E-state index in [9.17, 15) is 9.59 Å². The van der Waals surface area contributed by atoms with E-state index in [1.807, 2.05) is 17.0 Å². The van der Waals surface area contributed by atoms with Crippen molar-refractivity contribution in [2.45, 2.75) is 25.8 Å². The normalized spacial score (nSPS) is 12.8. The van der Waals surface area contributed by atoms with Gasteiger partial charge < -0.3 is 25.4 Å². The van der Waals surface area contributed by atoms with Crippen LogP contribution in [0.2, 0.25) is 0 Å². The number of nitrogen functional groups attached to an aromatic ring is 1. The maximum atomic E-state index is 12.6. The van der Waals surface area contributed by atoms with Crippen LogP contribution < -0.4 is 20.5 Å². The molecule has 7 heteroatoms. The second-order valence-corrected chi connectivity index (χ2v) is 7.03. The molecule has 0 radical (unpaired) electrons. The van der Waals surface area contributed by atoms with E-state index in [0.717, 1.165) is 12.0 Å². The van der Waals surface area contributed by atoms with Gasteiger partial charge in [-0.05, 0) is 54.3 Å². The van der Waals surface area contributed by atoms with Crippen LogP contribution in [0.4, 0.5) is 5.69 Å². The van der Waals surface area contributed by atoms with Gasteiger partial charge in [-0.15, -0.1) is 0 Å². The standard InChI is InChI=1S/C22H27N3O4/c1-28-19-12-15-8-10-25(14-17(15)13-20(19)29-2)21(26)7-4-9-24-22(27)16-5-3-6-18(23)11-16/h3,5-6,11-13H,4,7-10,14,23H2,1-2H3,(H,24,27). The first-order valence-electron chi connectivity index (χ1n) is 9.67. The molecule has 0 bridgehead atoms. The van der Waals surface area contributed by atoms with Crippen molar-refractivity contribution in [1.82, 2.24) is 10.2 Å². The van der Waals surface area contributed by atoms with Gasteiger partial charge in [0.15, 0.2) is 11.5 Å². The average Bonchev–Trinajstić information content (AvgIpc) is 2.74. The number of anilines is 1. The number of carbonyl (C=O) groups excluding carboxylic acids is 2. The summed E-state index contributed by atoms with van der Waals surface area (Å²) in [6, 6.07) is 10.8. The maximum Gasteiger partial charge on any atom is 0.251 e. The second-order valence-electron chi connectivity index (χ2n) is 7.03. The molecular formula is C22H27N3O4. The van der Waals surface area contributed by atoms with Gasteiger partial charge in [-0.2, -0.15) is 0 Å². The lowest BCUT2D eigenvalue weighted by Crippen LogP contribution is -2.36. The Labute approximate surface area is 170 Å². The van der Waals surface area contributed by atoms with E-state index < -0.39 is 0 Å². The highest BCUT2D eigenvalue weighted by molar-refractivity contribution is 5.95. The van der Waals surface area contributed by atoms with Gasteiger partial charge in [0.2, 0.25) is 5.91 Å². The van der Waals surface area contributed by atoms with Crippen molar-refractivity contribution in [3.63, 3.8) is 0 Å². The van der Waals surface area contributed by atoms with Crippen molar-refractivity contribution in [2.24, 2.45) is 0 Å². The number of hydrogen-bond acceptors (Lipinski definition) is 5. The van der Waals surface area contributed by atoms with E-state index in [1.54, 1.807) is 38.5 Å². The van der Waals surface area contributed by atoms with Crippen LogP contribution in [0.5, 0.6) is 11.5 Å². The van der Waals surface area contributed by atoms with Crippen LogP contribution in [0.1, 0.15) is 34.3 Å². The molecule has 0 unspecified atom stereocenters. The SMILES string of the molecule is COc1cc2c(cc1OC)CN(C(=O)CCCNC(=O)c1cccc(N)c1)CC2. The van der Waals surface area contributed by atoms with Crippen molar-refractivity contribution >= 4 is 17.5 Å². The number of rotatable bonds is 7. The highest BCUT2D eigenvalue weighted by Gasteiger charge is 2.22. The summed E-state index contributed by atoms with van der Waals surface area (Å²) >= 11 is 0. The van der Waals surface area contributed by atoms with Crippen LogP contribution in [-0.2, 0) is 17.8 Å². The van der Waals surface area contributed by atoms with Crippen LogP contribution in [0.3, 0.4) is 0 Å². The number of ether oxygens (including phenoxy) is 2. The summed E-state index contributed by atoms with van der Waals surface area (Å²) in [4.78, 5) is 26.5. The zero-order valence-electron chi connectivity index (χ0n) is 16.9. The van der Waals surface area contributed by atoms with Gasteiger partial charge in [0.1, 0.15) is 0 Å². The zero-order chi connectivity index (χ0) is 20.8. The third-order valence-corrected chi connectivity index (χ3v) is 5.07. The third kappa shape index (κ3) is 4.99. The largest absolute Gasteiger partial charge is 0.493 e. The predicted octanol–water partition coefficient (Wildman–Crippen LogP) is 2.38. The summed E-state index contributed by atoms with van der Waals surface area (Å²) in [5, 5.41) is 2.83. The molecule has 0 aliphatic carbocycles. The van der Waals surface area contributed by atoms with Crippen molar-refractivity contribution in [2.75, 3.05) is 33.0 Å². The maximum absolute atomic E-state index is 12.6. The number of amides is 2. The molecular weight excluding hydrogens is 370 g/mol. The highest BCUT2D eigenvalue weighted by Crippen LogP contribution is 2.33. The van der Waals surface area contributed by atoms with E-state index in [4.69, 9.17) is 15.2 Å². The van der Waals surface area contributed by atoms with E-state index in [-0.39, 0.29) is 11.8 Å².